The van der Waals surface area contributed by atoms with E-state index < -0.39 is 0 Å². The van der Waals surface area contributed by atoms with Crippen molar-refractivity contribution in [1.82, 2.24) is 4.90 Å². The Hall–Kier alpha value is -0.560. The van der Waals surface area contributed by atoms with E-state index in [4.69, 9.17) is 0 Å². The monoisotopic (exact) mass is 179 g/mol. The molecule has 0 aliphatic carbocycles. The molecular weight excluding hydrogens is 158 g/mol. The molecule has 1 rings (SSSR count). The Morgan fingerprint density at radius 1 is 1.46 bits per heavy atom. The Kier molecular flexibility index (Phi) is 4.23. The van der Waals surface area contributed by atoms with Gasteiger partial charge in [-0.25, -0.2) is 0 Å². The Balaban J connectivity index is 2.67. The second kappa shape index (κ2) is 5.23. The molecule has 0 aromatic rings. The van der Waals surface area contributed by atoms with Gasteiger partial charge in [0.05, 0.1) is 0 Å². The van der Waals surface area contributed by atoms with Gasteiger partial charge < -0.3 is 4.90 Å². The zero-order chi connectivity index (χ0) is 9.68. The molecule has 0 aromatic carbocycles. The van der Waals surface area contributed by atoms with Crippen molar-refractivity contribution in [2.45, 2.75) is 33.1 Å². The van der Waals surface area contributed by atoms with Crippen LogP contribution in [0.3, 0.4) is 0 Å². The summed E-state index contributed by atoms with van der Waals surface area (Å²) in [6, 6.07) is 0. The highest BCUT2D eigenvalue weighted by Crippen LogP contribution is 2.18. The fourth-order valence-corrected chi connectivity index (χ4v) is 1.82. The van der Waals surface area contributed by atoms with E-state index in [1.165, 1.54) is 19.4 Å². The number of hydrogen-bond acceptors (Lipinski definition) is 1. The molecule has 13 heavy (non-hydrogen) atoms. The van der Waals surface area contributed by atoms with E-state index in [9.17, 15) is 0 Å². The maximum Gasteiger partial charge on any atom is 0.0192 e. The summed E-state index contributed by atoms with van der Waals surface area (Å²) >= 11 is 0. The van der Waals surface area contributed by atoms with Crippen molar-refractivity contribution >= 4 is 0 Å². The highest BCUT2D eigenvalue weighted by atomic mass is 15.1. The van der Waals surface area contributed by atoms with Crippen molar-refractivity contribution in [3.8, 4) is 0 Å². The van der Waals surface area contributed by atoms with Crippen LogP contribution < -0.4 is 0 Å². The molecule has 1 nitrogen and oxygen atoms in total. The van der Waals surface area contributed by atoms with Crippen LogP contribution in [0.15, 0.2) is 23.3 Å². The largest absolute Gasteiger partial charge is 0.302 e. The average molecular weight is 179 g/mol. The SMILES string of the molecule is CC/C=C\C1=C(C)CN(C)CCC1. The third-order valence-electron chi connectivity index (χ3n) is 2.60. The number of allylic oxidation sites excluding steroid dienone is 3. The van der Waals surface area contributed by atoms with Gasteiger partial charge in [0.2, 0.25) is 0 Å². The summed E-state index contributed by atoms with van der Waals surface area (Å²) in [6.07, 6.45) is 8.29. The summed E-state index contributed by atoms with van der Waals surface area (Å²) in [5.74, 6) is 0. The van der Waals surface area contributed by atoms with Gasteiger partial charge >= 0.3 is 0 Å². The van der Waals surface area contributed by atoms with Crippen LogP contribution in [0.4, 0.5) is 0 Å². The van der Waals surface area contributed by atoms with E-state index in [-0.39, 0.29) is 0 Å². The van der Waals surface area contributed by atoms with Gasteiger partial charge in [-0.3, -0.25) is 0 Å². The molecule has 0 N–H and O–H groups in total. The highest BCUT2D eigenvalue weighted by molar-refractivity contribution is 5.26. The summed E-state index contributed by atoms with van der Waals surface area (Å²) < 4.78 is 0. The van der Waals surface area contributed by atoms with E-state index >= 15 is 0 Å². The zero-order valence-corrected chi connectivity index (χ0v) is 9.14. The summed E-state index contributed by atoms with van der Waals surface area (Å²) in [7, 11) is 2.20. The first-order valence-electron chi connectivity index (χ1n) is 5.27. The molecule has 0 atom stereocenters. The first kappa shape index (κ1) is 10.5. The number of likely N-dealkylation sites (N-methyl/N-ethyl adjacent to an activating group) is 1. The minimum absolute atomic E-state index is 1.14. The molecule has 0 unspecified atom stereocenters. The van der Waals surface area contributed by atoms with Crippen molar-refractivity contribution in [1.29, 1.82) is 0 Å². The molecule has 0 radical (unpaired) electrons. The molecule has 1 heterocycles. The molecule has 1 heteroatoms. The van der Waals surface area contributed by atoms with Crippen LogP contribution in [0.25, 0.3) is 0 Å². The van der Waals surface area contributed by atoms with Crippen LogP contribution in [-0.2, 0) is 0 Å². The molecule has 0 saturated carbocycles. The van der Waals surface area contributed by atoms with Crippen molar-refractivity contribution in [2.24, 2.45) is 0 Å². The van der Waals surface area contributed by atoms with Crippen LogP contribution in [-0.4, -0.2) is 25.0 Å². The lowest BCUT2D eigenvalue weighted by Gasteiger charge is -2.12. The van der Waals surface area contributed by atoms with Gasteiger partial charge in [0.25, 0.3) is 0 Å². The predicted octanol–water partition coefficient (Wildman–Crippen LogP) is 2.99. The lowest BCUT2D eigenvalue weighted by Crippen LogP contribution is -2.19. The molecule has 1 aliphatic heterocycles. The molecule has 0 amide bonds. The predicted molar refractivity (Wildman–Crippen MR) is 58.9 cm³/mol. The normalized spacial score (nSPS) is 21.2. The first-order chi connectivity index (χ1) is 6.24. The van der Waals surface area contributed by atoms with Crippen molar-refractivity contribution < 1.29 is 0 Å². The van der Waals surface area contributed by atoms with E-state index in [1.807, 2.05) is 0 Å². The Labute approximate surface area is 82.1 Å². The summed E-state index contributed by atoms with van der Waals surface area (Å²) in [5.41, 5.74) is 3.11. The smallest absolute Gasteiger partial charge is 0.0192 e. The van der Waals surface area contributed by atoms with E-state index in [1.54, 1.807) is 11.1 Å². The van der Waals surface area contributed by atoms with Gasteiger partial charge in [-0.05, 0) is 45.4 Å². The molecule has 74 valence electrons. The van der Waals surface area contributed by atoms with Gasteiger partial charge in [0.1, 0.15) is 0 Å². The maximum absolute atomic E-state index is 2.40. The molecule has 0 spiro atoms. The highest BCUT2D eigenvalue weighted by Gasteiger charge is 2.08. The summed E-state index contributed by atoms with van der Waals surface area (Å²) in [5, 5.41) is 0. The molecular formula is C12H21N. The quantitative estimate of drug-likeness (QED) is 0.630. The third kappa shape index (κ3) is 3.35. The van der Waals surface area contributed by atoms with Gasteiger partial charge in [0.15, 0.2) is 0 Å². The maximum atomic E-state index is 2.40. The van der Waals surface area contributed by atoms with Crippen LogP contribution in [0.2, 0.25) is 0 Å². The van der Waals surface area contributed by atoms with E-state index in [2.05, 4.69) is 37.9 Å². The van der Waals surface area contributed by atoms with Gasteiger partial charge in [0, 0.05) is 6.54 Å². The van der Waals surface area contributed by atoms with Crippen LogP contribution in [0, 0.1) is 0 Å². The fourth-order valence-electron chi connectivity index (χ4n) is 1.82. The van der Waals surface area contributed by atoms with Gasteiger partial charge in [-0.2, -0.15) is 0 Å². The van der Waals surface area contributed by atoms with E-state index in [0.717, 1.165) is 13.0 Å². The first-order valence-corrected chi connectivity index (χ1v) is 5.27. The van der Waals surface area contributed by atoms with Crippen LogP contribution in [0.1, 0.15) is 33.1 Å². The second-order valence-electron chi connectivity index (χ2n) is 3.96. The van der Waals surface area contributed by atoms with Crippen LogP contribution >= 0.6 is 0 Å². The van der Waals surface area contributed by atoms with Crippen LogP contribution in [0.5, 0.6) is 0 Å². The Bertz CT molecular complexity index is 213. The lowest BCUT2D eigenvalue weighted by molar-refractivity contribution is 0.366. The Morgan fingerprint density at radius 2 is 2.23 bits per heavy atom. The number of nitrogens with zero attached hydrogens (tertiary/aromatic N) is 1. The Morgan fingerprint density at radius 3 is 2.92 bits per heavy atom. The summed E-state index contributed by atoms with van der Waals surface area (Å²) in [4.78, 5) is 2.40. The summed E-state index contributed by atoms with van der Waals surface area (Å²) in [6.45, 7) is 6.83. The standard InChI is InChI=1S/C12H21N/c1-4-5-7-12-8-6-9-13(3)10-11(12)2/h5,7H,4,6,8-10H2,1-3H3/b7-5-. The van der Waals surface area contributed by atoms with Gasteiger partial charge in [-0.15, -0.1) is 0 Å². The van der Waals surface area contributed by atoms with Crippen molar-refractivity contribution in [3.05, 3.63) is 23.3 Å². The lowest BCUT2D eigenvalue weighted by atomic mass is 10.1. The molecule has 0 bridgehead atoms. The van der Waals surface area contributed by atoms with Crippen molar-refractivity contribution in [2.75, 3.05) is 20.1 Å². The third-order valence-corrected chi connectivity index (χ3v) is 2.60. The van der Waals surface area contributed by atoms with Crippen molar-refractivity contribution in [3.63, 3.8) is 0 Å². The minimum Gasteiger partial charge on any atom is -0.302 e. The molecule has 0 saturated heterocycles. The molecule has 1 aliphatic rings. The molecule has 0 aromatic heterocycles. The second-order valence-corrected chi connectivity index (χ2v) is 3.96. The topological polar surface area (TPSA) is 3.24 Å². The molecule has 0 fully saturated rings. The van der Waals surface area contributed by atoms with Gasteiger partial charge in [-0.1, -0.05) is 24.6 Å². The zero-order valence-electron chi connectivity index (χ0n) is 9.14. The number of hydrogen-bond donors (Lipinski definition) is 0. The average Bonchev–Trinajstić information content (AvgIpc) is 2.24. The van der Waals surface area contributed by atoms with E-state index in [0.29, 0.717) is 0 Å². The number of rotatable bonds is 2. The minimum atomic E-state index is 1.14. The fraction of sp³-hybridized carbons (Fsp3) is 0.667.